The molecule has 2 atom stereocenters. The molecule has 0 aromatic carbocycles. The van der Waals surface area contributed by atoms with Gasteiger partial charge < -0.3 is 10.5 Å². The average Bonchev–Trinajstić information content (AvgIpc) is 2.11. The average molecular weight is 235 g/mol. The van der Waals surface area contributed by atoms with Crippen molar-refractivity contribution in [2.75, 3.05) is 0 Å². The van der Waals surface area contributed by atoms with Crippen LogP contribution in [0.15, 0.2) is 12.2 Å². The number of esters is 1. The molecule has 2 N–H and O–H groups in total. The fourth-order valence-corrected chi connectivity index (χ4v) is 4.65. The molecule has 2 unspecified atom stereocenters. The fourth-order valence-electron chi connectivity index (χ4n) is 4.65. The Morgan fingerprint density at radius 3 is 2.35 bits per heavy atom. The van der Waals surface area contributed by atoms with Crippen molar-refractivity contribution in [2.24, 2.45) is 17.6 Å². The summed E-state index contributed by atoms with van der Waals surface area (Å²) < 4.78 is 5.76. The van der Waals surface area contributed by atoms with Crippen molar-refractivity contribution in [1.82, 2.24) is 0 Å². The number of nitrogens with two attached hydrogens (primary N) is 1. The zero-order valence-corrected chi connectivity index (χ0v) is 10.5. The summed E-state index contributed by atoms with van der Waals surface area (Å²) in [6.45, 7) is 5.37. The molecule has 0 aromatic heterocycles. The van der Waals surface area contributed by atoms with Gasteiger partial charge >= 0.3 is 5.97 Å². The van der Waals surface area contributed by atoms with Gasteiger partial charge in [-0.1, -0.05) is 6.58 Å². The number of rotatable bonds is 2. The Morgan fingerprint density at radius 1 is 1.29 bits per heavy atom. The quantitative estimate of drug-likeness (QED) is 0.589. The molecule has 0 spiro atoms. The summed E-state index contributed by atoms with van der Waals surface area (Å²) in [6, 6.07) is 0. The molecule has 94 valence electrons. The van der Waals surface area contributed by atoms with Gasteiger partial charge in [-0.2, -0.15) is 0 Å². The third kappa shape index (κ3) is 1.81. The van der Waals surface area contributed by atoms with E-state index in [-0.39, 0.29) is 17.1 Å². The van der Waals surface area contributed by atoms with Gasteiger partial charge in [-0.05, 0) is 50.9 Å². The van der Waals surface area contributed by atoms with Gasteiger partial charge in [0.25, 0.3) is 0 Å². The van der Waals surface area contributed by atoms with Crippen LogP contribution in [0.2, 0.25) is 0 Å². The zero-order valence-electron chi connectivity index (χ0n) is 10.5. The minimum Gasteiger partial charge on any atom is -0.456 e. The van der Waals surface area contributed by atoms with Crippen LogP contribution in [0.1, 0.15) is 45.4 Å². The van der Waals surface area contributed by atoms with Crippen LogP contribution in [-0.2, 0) is 9.53 Å². The maximum atomic E-state index is 11.8. The van der Waals surface area contributed by atoms with E-state index in [1.54, 1.807) is 6.92 Å². The summed E-state index contributed by atoms with van der Waals surface area (Å²) in [4.78, 5) is 11.8. The van der Waals surface area contributed by atoms with Crippen molar-refractivity contribution in [3.8, 4) is 0 Å². The van der Waals surface area contributed by atoms with Crippen LogP contribution < -0.4 is 5.73 Å². The van der Waals surface area contributed by atoms with Crippen molar-refractivity contribution >= 4 is 5.97 Å². The topological polar surface area (TPSA) is 52.3 Å². The molecular formula is C14H21NO2. The first-order valence-electron chi connectivity index (χ1n) is 6.58. The third-order valence-electron chi connectivity index (χ3n) is 4.71. The molecule has 4 fully saturated rings. The van der Waals surface area contributed by atoms with E-state index in [4.69, 9.17) is 10.5 Å². The van der Waals surface area contributed by atoms with Gasteiger partial charge in [0, 0.05) is 17.5 Å². The van der Waals surface area contributed by atoms with E-state index >= 15 is 0 Å². The molecule has 0 radical (unpaired) electrons. The van der Waals surface area contributed by atoms with Crippen molar-refractivity contribution < 1.29 is 9.53 Å². The van der Waals surface area contributed by atoms with Crippen molar-refractivity contribution in [3.05, 3.63) is 12.2 Å². The number of hydrogen-bond acceptors (Lipinski definition) is 3. The zero-order chi connectivity index (χ0) is 12.3. The summed E-state index contributed by atoms with van der Waals surface area (Å²) in [5.74, 6) is 1.09. The predicted octanol–water partition coefficient (Wildman–Crippen LogP) is 2.16. The minimum atomic E-state index is -0.269. The molecule has 3 heteroatoms. The highest BCUT2D eigenvalue weighted by molar-refractivity contribution is 5.87. The Kier molecular flexibility index (Phi) is 2.22. The van der Waals surface area contributed by atoms with Gasteiger partial charge in [-0.15, -0.1) is 0 Å². The molecule has 4 bridgehead atoms. The lowest BCUT2D eigenvalue weighted by Crippen LogP contribution is -2.64. The van der Waals surface area contributed by atoms with Crippen LogP contribution in [0.4, 0.5) is 0 Å². The minimum absolute atomic E-state index is 0.0700. The molecule has 0 saturated heterocycles. The standard InChI is InChI=1S/C14H21NO2/c1-9(2)12(16)17-14-6-10-3-11(7-14)5-13(15,4-10)8-14/h10-11H,1,3-8,15H2,2H3. The fraction of sp³-hybridized carbons (Fsp3) is 0.786. The van der Waals surface area contributed by atoms with Gasteiger partial charge in [-0.25, -0.2) is 4.79 Å². The van der Waals surface area contributed by atoms with Crippen molar-refractivity contribution in [1.29, 1.82) is 0 Å². The highest BCUT2D eigenvalue weighted by Gasteiger charge is 2.58. The van der Waals surface area contributed by atoms with Gasteiger partial charge in [0.2, 0.25) is 0 Å². The predicted molar refractivity (Wildman–Crippen MR) is 65.2 cm³/mol. The van der Waals surface area contributed by atoms with Crippen LogP contribution in [0.25, 0.3) is 0 Å². The lowest BCUT2D eigenvalue weighted by molar-refractivity contribution is -0.184. The maximum absolute atomic E-state index is 11.8. The van der Waals surface area contributed by atoms with E-state index < -0.39 is 0 Å². The SMILES string of the molecule is C=C(C)C(=O)OC12CC3CC(CC(N)(C3)C1)C2. The molecule has 4 aliphatic rings. The molecule has 4 saturated carbocycles. The van der Waals surface area contributed by atoms with E-state index in [1.165, 1.54) is 6.42 Å². The summed E-state index contributed by atoms with van der Waals surface area (Å²) in [6.07, 6.45) is 6.41. The second-order valence-electron chi connectivity index (χ2n) is 6.68. The molecule has 17 heavy (non-hydrogen) atoms. The molecule has 4 aliphatic carbocycles. The Bertz CT molecular complexity index is 374. The molecule has 4 rings (SSSR count). The van der Waals surface area contributed by atoms with Crippen LogP contribution in [0, 0.1) is 11.8 Å². The Labute approximate surface area is 102 Å². The van der Waals surface area contributed by atoms with Crippen LogP contribution in [-0.4, -0.2) is 17.1 Å². The molecule has 3 nitrogen and oxygen atoms in total. The molecule has 0 amide bonds. The number of carbonyl (C=O) groups excluding carboxylic acids is 1. The van der Waals surface area contributed by atoms with Crippen molar-refractivity contribution in [2.45, 2.75) is 56.6 Å². The third-order valence-corrected chi connectivity index (χ3v) is 4.71. The highest BCUT2D eigenvalue weighted by atomic mass is 16.6. The number of hydrogen-bond donors (Lipinski definition) is 1. The van der Waals surface area contributed by atoms with Crippen LogP contribution in [0.5, 0.6) is 0 Å². The van der Waals surface area contributed by atoms with E-state index in [1.807, 2.05) is 0 Å². The Morgan fingerprint density at radius 2 is 1.88 bits per heavy atom. The van der Waals surface area contributed by atoms with Crippen LogP contribution >= 0.6 is 0 Å². The lowest BCUT2D eigenvalue weighted by atomic mass is 9.51. The first-order valence-corrected chi connectivity index (χ1v) is 6.58. The van der Waals surface area contributed by atoms with Crippen molar-refractivity contribution in [3.63, 3.8) is 0 Å². The molecule has 0 aliphatic heterocycles. The normalized spacial score (nSPS) is 46.9. The Hall–Kier alpha value is -0.830. The van der Waals surface area contributed by atoms with E-state index in [0.717, 1.165) is 32.1 Å². The van der Waals surface area contributed by atoms with E-state index in [9.17, 15) is 4.79 Å². The lowest BCUT2D eigenvalue weighted by Gasteiger charge is -2.59. The summed E-state index contributed by atoms with van der Waals surface area (Å²) in [5, 5.41) is 0. The summed E-state index contributed by atoms with van der Waals surface area (Å²) >= 11 is 0. The van der Waals surface area contributed by atoms with Gasteiger partial charge in [-0.3, -0.25) is 0 Å². The van der Waals surface area contributed by atoms with E-state index in [2.05, 4.69) is 6.58 Å². The van der Waals surface area contributed by atoms with Gasteiger partial charge in [0.15, 0.2) is 0 Å². The van der Waals surface area contributed by atoms with Gasteiger partial charge in [0.05, 0.1) is 0 Å². The molecule has 0 heterocycles. The largest absolute Gasteiger partial charge is 0.456 e. The summed E-state index contributed by atoms with van der Waals surface area (Å²) in [7, 11) is 0. The summed E-state index contributed by atoms with van der Waals surface area (Å²) in [5.41, 5.74) is 6.60. The first-order chi connectivity index (χ1) is 7.90. The van der Waals surface area contributed by atoms with Crippen LogP contribution in [0.3, 0.4) is 0 Å². The van der Waals surface area contributed by atoms with E-state index in [0.29, 0.717) is 17.4 Å². The highest BCUT2D eigenvalue weighted by Crippen LogP contribution is 2.58. The maximum Gasteiger partial charge on any atom is 0.333 e. The number of ether oxygens (including phenoxy) is 1. The molecular weight excluding hydrogens is 214 g/mol. The second-order valence-corrected chi connectivity index (χ2v) is 6.68. The Balaban J connectivity index is 1.83. The molecule has 0 aromatic rings. The smallest absolute Gasteiger partial charge is 0.333 e. The van der Waals surface area contributed by atoms with Gasteiger partial charge in [0.1, 0.15) is 5.60 Å². The monoisotopic (exact) mass is 235 g/mol. The first kappa shape index (κ1) is 11.3. The second kappa shape index (κ2) is 3.35. The number of carbonyl (C=O) groups is 1.